The molecule has 35 heavy (non-hydrogen) atoms. The Morgan fingerprint density at radius 3 is 2.37 bits per heavy atom. The number of halogens is 5. The number of carboxylic acids is 2. The van der Waals surface area contributed by atoms with E-state index in [0.29, 0.717) is 25.0 Å². The monoisotopic (exact) mass is 504 g/mol. The number of pyridine rings is 2. The Kier molecular flexibility index (Phi) is 7.43. The minimum Gasteiger partial charge on any atom is -0.477 e. The normalized spacial score (nSPS) is 17.6. The van der Waals surface area contributed by atoms with E-state index in [-0.39, 0.29) is 36.0 Å². The summed E-state index contributed by atoms with van der Waals surface area (Å²) in [4.78, 5) is 38.8. The van der Waals surface area contributed by atoms with Crippen molar-refractivity contribution < 1.29 is 41.8 Å². The van der Waals surface area contributed by atoms with Crippen LogP contribution >= 0.6 is 0 Å². The Bertz CT molecular complexity index is 1250. The summed E-state index contributed by atoms with van der Waals surface area (Å²) in [7, 11) is 0. The predicted octanol–water partition coefficient (Wildman–Crippen LogP) is 2.98. The largest absolute Gasteiger partial charge is 0.490 e. The van der Waals surface area contributed by atoms with E-state index in [1.807, 2.05) is 0 Å². The van der Waals surface area contributed by atoms with Crippen LogP contribution in [0.2, 0.25) is 0 Å². The molecule has 0 bridgehead atoms. The first kappa shape index (κ1) is 26.1. The molecule has 2 aromatic rings. The lowest BCUT2D eigenvalue weighted by atomic mass is 10.0. The van der Waals surface area contributed by atoms with Gasteiger partial charge < -0.3 is 25.4 Å². The molecule has 9 nitrogen and oxygen atoms in total. The van der Waals surface area contributed by atoms with Crippen molar-refractivity contribution in [3.8, 4) is 0 Å². The van der Waals surface area contributed by atoms with Crippen molar-refractivity contribution in [3.63, 3.8) is 0 Å². The number of carboxylic acid groups (broad SMARTS) is 2. The van der Waals surface area contributed by atoms with Crippen molar-refractivity contribution >= 4 is 28.8 Å². The van der Waals surface area contributed by atoms with Gasteiger partial charge in [0.25, 0.3) is 0 Å². The molecule has 2 aromatic heterocycles. The Labute approximate surface area is 194 Å². The molecule has 1 aliphatic carbocycles. The second kappa shape index (κ2) is 9.98. The Morgan fingerprint density at radius 1 is 1.23 bits per heavy atom. The number of aliphatic carboxylic acids is 1. The number of nitrogens with two attached hydrogens (primary N) is 1. The Morgan fingerprint density at radius 2 is 1.86 bits per heavy atom. The predicted molar refractivity (Wildman–Crippen MR) is 114 cm³/mol. The quantitative estimate of drug-likeness (QED) is 0.541. The average Bonchev–Trinajstić information content (AvgIpc) is 3.63. The number of aromatic carboxylic acids is 1. The van der Waals surface area contributed by atoms with Crippen LogP contribution in [0.3, 0.4) is 0 Å². The van der Waals surface area contributed by atoms with Gasteiger partial charge in [-0.15, -0.1) is 0 Å². The second-order valence-corrected chi connectivity index (χ2v) is 8.02. The van der Waals surface area contributed by atoms with E-state index in [0.717, 1.165) is 18.9 Å². The lowest BCUT2D eigenvalue weighted by Gasteiger charge is -2.30. The number of hydrogen-bond donors (Lipinski definition) is 3. The van der Waals surface area contributed by atoms with Gasteiger partial charge in [0.1, 0.15) is 17.0 Å². The number of alkyl halides is 3. The molecule has 4 rings (SSSR count). The van der Waals surface area contributed by atoms with Crippen molar-refractivity contribution in [1.29, 1.82) is 0 Å². The fourth-order valence-corrected chi connectivity index (χ4v) is 3.66. The third-order valence-corrected chi connectivity index (χ3v) is 5.50. The fourth-order valence-electron chi connectivity index (χ4n) is 3.66. The van der Waals surface area contributed by atoms with Crippen LogP contribution in [0.25, 0.3) is 11.0 Å². The van der Waals surface area contributed by atoms with E-state index in [1.54, 1.807) is 9.47 Å². The minimum atomic E-state index is -5.08. The minimum absolute atomic E-state index is 0.0337. The van der Waals surface area contributed by atoms with E-state index < -0.39 is 40.8 Å². The molecule has 3 heterocycles. The van der Waals surface area contributed by atoms with Crippen LogP contribution in [0.15, 0.2) is 28.5 Å². The van der Waals surface area contributed by atoms with E-state index >= 15 is 0 Å². The number of piperidine rings is 1. The van der Waals surface area contributed by atoms with E-state index in [9.17, 15) is 36.6 Å². The number of carbonyl (C=O) groups is 2. The van der Waals surface area contributed by atoms with Crippen LogP contribution in [0.5, 0.6) is 0 Å². The van der Waals surface area contributed by atoms with Crippen LogP contribution in [-0.2, 0) is 4.79 Å². The van der Waals surface area contributed by atoms with Crippen LogP contribution in [0.1, 0.15) is 42.1 Å². The van der Waals surface area contributed by atoms with E-state index in [1.165, 1.54) is 6.20 Å². The summed E-state index contributed by atoms with van der Waals surface area (Å²) in [6.07, 6.45) is -0.929. The van der Waals surface area contributed by atoms with Gasteiger partial charge in [-0.3, -0.25) is 4.79 Å². The van der Waals surface area contributed by atoms with Gasteiger partial charge in [0, 0.05) is 31.9 Å². The molecule has 0 aromatic carbocycles. The van der Waals surface area contributed by atoms with Gasteiger partial charge in [-0.1, -0.05) is 0 Å². The Hall–Kier alpha value is -3.55. The third kappa shape index (κ3) is 5.75. The van der Waals surface area contributed by atoms with E-state index in [2.05, 4.69) is 4.98 Å². The molecule has 0 radical (unpaired) electrons. The zero-order valence-corrected chi connectivity index (χ0v) is 18.1. The molecule has 1 saturated carbocycles. The molecule has 2 aliphatic rings. The maximum atomic E-state index is 14.8. The van der Waals surface area contributed by atoms with Gasteiger partial charge in [-0.2, -0.15) is 13.2 Å². The number of hydrogen-bond acceptors (Lipinski definition) is 6. The topological polar surface area (TPSA) is 139 Å². The average molecular weight is 504 g/mol. The van der Waals surface area contributed by atoms with Crippen molar-refractivity contribution in [2.24, 2.45) is 5.73 Å². The number of aromatic nitrogens is 2. The molecular formula is C21H21F5N4O5. The zero-order chi connectivity index (χ0) is 26.1. The summed E-state index contributed by atoms with van der Waals surface area (Å²) < 4.78 is 62.1. The molecular weight excluding hydrogens is 483 g/mol. The SMILES string of the molecule is NC/C(F)=C1/CCCN(c2nc3c(cc2F)c(=O)c(C(=O)O)cn3C2CC2)C1.O=C(O)C(F)(F)F. The highest BCUT2D eigenvalue weighted by Crippen LogP contribution is 2.37. The Balaban J connectivity index is 0.000000429. The van der Waals surface area contributed by atoms with Crippen LogP contribution in [-0.4, -0.2) is 57.5 Å². The van der Waals surface area contributed by atoms with Crippen molar-refractivity contribution in [3.05, 3.63) is 45.3 Å². The smallest absolute Gasteiger partial charge is 0.477 e. The van der Waals surface area contributed by atoms with Crippen molar-refractivity contribution in [2.45, 2.75) is 37.9 Å². The van der Waals surface area contributed by atoms with Gasteiger partial charge in [0.2, 0.25) is 5.43 Å². The third-order valence-electron chi connectivity index (χ3n) is 5.50. The summed E-state index contributed by atoms with van der Waals surface area (Å²) in [5, 5.41) is 16.4. The first-order chi connectivity index (χ1) is 16.3. The highest BCUT2D eigenvalue weighted by atomic mass is 19.4. The highest BCUT2D eigenvalue weighted by Gasteiger charge is 2.38. The number of fused-ring (bicyclic) bond motifs is 1. The molecule has 2 fully saturated rings. The molecule has 4 N–H and O–H groups in total. The maximum Gasteiger partial charge on any atom is 0.490 e. The molecule has 1 saturated heterocycles. The van der Waals surface area contributed by atoms with Gasteiger partial charge in [0.05, 0.1) is 5.39 Å². The van der Waals surface area contributed by atoms with Gasteiger partial charge in [-0.05, 0) is 37.3 Å². The van der Waals surface area contributed by atoms with Gasteiger partial charge in [0.15, 0.2) is 11.6 Å². The summed E-state index contributed by atoms with van der Waals surface area (Å²) in [5.41, 5.74) is 5.00. The van der Waals surface area contributed by atoms with Gasteiger partial charge in [-0.25, -0.2) is 23.4 Å². The lowest BCUT2D eigenvalue weighted by molar-refractivity contribution is -0.192. The highest BCUT2D eigenvalue weighted by molar-refractivity contribution is 5.92. The first-order valence-corrected chi connectivity index (χ1v) is 10.4. The van der Waals surface area contributed by atoms with Crippen LogP contribution in [0.4, 0.5) is 27.8 Å². The molecule has 0 spiro atoms. The summed E-state index contributed by atoms with van der Waals surface area (Å²) in [5.74, 6) is -5.21. The molecule has 0 amide bonds. The van der Waals surface area contributed by atoms with Gasteiger partial charge >= 0.3 is 18.1 Å². The number of anilines is 1. The fraction of sp³-hybridized carbons (Fsp3) is 0.429. The summed E-state index contributed by atoms with van der Waals surface area (Å²) in [6.45, 7) is 0.479. The summed E-state index contributed by atoms with van der Waals surface area (Å²) >= 11 is 0. The number of nitrogens with zero attached hydrogens (tertiary/aromatic N) is 3. The molecule has 0 atom stereocenters. The molecule has 0 unspecified atom stereocenters. The van der Waals surface area contributed by atoms with Crippen molar-refractivity contribution in [2.75, 3.05) is 24.5 Å². The number of rotatable bonds is 4. The second-order valence-electron chi connectivity index (χ2n) is 8.02. The van der Waals surface area contributed by atoms with Crippen LogP contribution in [0, 0.1) is 5.82 Å². The first-order valence-electron chi connectivity index (χ1n) is 10.4. The standard InChI is InChI=1S/C19H20F2N4O3.C2HF3O2/c20-14-6-12-16(26)13(19(27)28)9-25(11-3-4-11)17(12)23-18(14)24-5-1-2-10(8-24)15(21)7-22;3-2(4,5)1(6)7/h6,9,11H,1-5,7-8,22H2,(H,27,28);(H,6,7)/b15-10+;. The maximum absolute atomic E-state index is 14.8. The van der Waals surface area contributed by atoms with E-state index in [4.69, 9.17) is 15.6 Å². The van der Waals surface area contributed by atoms with Crippen LogP contribution < -0.4 is 16.1 Å². The molecule has 190 valence electrons. The lowest BCUT2D eigenvalue weighted by Crippen LogP contribution is -2.33. The molecule has 14 heteroatoms. The molecule has 1 aliphatic heterocycles. The van der Waals surface area contributed by atoms with Crippen molar-refractivity contribution in [1.82, 2.24) is 9.55 Å². The summed E-state index contributed by atoms with van der Waals surface area (Å²) in [6, 6.07) is 1.08. The zero-order valence-electron chi connectivity index (χ0n) is 18.1.